The SMILES string of the molecule is COc1cc2c(cc1OC)CN(C(=O)CNC(=O)c1ccc(C(C)(C)C)cc1)CC2. The summed E-state index contributed by atoms with van der Waals surface area (Å²) in [6.45, 7) is 7.46. The van der Waals surface area contributed by atoms with Crippen LogP contribution < -0.4 is 14.8 Å². The number of fused-ring (bicyclic) bond motifs is 1. The van der Waals surface area contributed by atoms with Crippen LogP contribution in [0.5, 0.6) is 11.5 Å². The number of hydrogen-bond acceptors (Lipinski definition) is 4. The van der Waals surface area contributed by atoms with Crippen LogP contribution in [0.15, 0.2) is 36.4 Å². The van der Waals surface area contributed by atoms with E-state index >= 15 is 0 Å². The van der Waals surface area contributed by atoms with E-state index < -0.39 is 0 Å². The molecule has 0 radical (unpaired) electrons. The number of ether oxygens (including phenoxy) is 2. The van der Waals surface area contributed by atoms with Crippen LogP contribution in [-0.2, 0) is 23.2 Å². The van der Waals surface area contributed by atoms with E-state index in [0.717, 1.165) is 23.1 Å². The second-order valence-electron chi connectivity index (χ2n) is 8.55. The Morgan fingerprint density at radius 1 is 1.00 bits per heavy atom. The van der Waals surface area contributed by atoms with E-state index in [1.807, 2.05) is 24.3 Å². The van der Waals surface area contributed by atoms with E-state index in [9.17, 15) is 9.59 Å². The summed E-state index contributed by atoms with van der Waals surface area (Å²) in [7, 11) is 3.21. The van der Waals surface area contributed by atoms with Crippen molar-refractivity contribution in [2.45, 2.75) is 39.2 Å². The Labute approximate surface area is 178 Å². The van der Waals surface area contributed by atoms with Crippen molar-refractivity contribution in [3.05, 3.63) is 58.7 Å². The van der Waals surface area contributed by atoms with Crippen LogP contribution in [0.3, 0.4) is 0 Å². The number of hydrogen-bond donors (Lipinski definition) is 1. The Balaban J connectivity index is 1.60. The lowest BCUT2D eigenvalue weighted by Crippen LogP contribution is -2.42. The quantitative estimate of drug-likeness (QED) is 0.821. The number of benzene rings is 2. The van der Waals surface area contributed by atoms with E-state index in [4.69, 9.17) is 9.47 Å². The second kappa shape index (κ2) is 8.78. The molecule has 1 aliphatic heterocycles. The Hall–Kier alpha value is -3.02. The summed E-state index contributed by atoms with van der Waals surface area (Å²) < 4.78 is 10.7. The van der Waals surface area contributed by atoms with Crippen molar-refractivity contribution in [3.63, 3.8) is 0 Å². The smallest absolute Gasteiger partial charge is 0.251 e. The van der Waals surface area contributed by atoms with Crippen LogP contribution in [0.1, 0.15) is 47.8 Å². The summed E-state index contributed by atoms with van der Waals surface area (Å²) in [5.74, 6) is 1.00. The summed E-state index contributed by atoms with van der Waals surface area (Å²) in [4.78, 5) is 26.9. The molecule has 0 atom stereocenters. The van der Waals surface area contributed by atoms with Crippen molar-refractivity contribution in [1.29, 1.82) is 0 Å². The molecular weight excluding hydrogens is 380 g/mol. The van der Waals surface area contributed by atoms with E-state index in [0.29, 0.717) is 30.2 Å². The zero-order valence-electron chi connectivity index (χ0n) is 18.4. The van der Waals surface area contributed by atoms with Crippen LogP contribution in [0, 0.1) is 0 Å². The molecule has 0 aliphatic carbocycles. The molecular formula is C24H30N2O4. The summed E-state index contributed by atoms with van der Waals surface area (Å²) >= 11 is 0. The molecule has 0 aromatic heterocycles. The Bertz CT molecular complexity index is 929. The van der Waals surface area contributed by atoms with Gasteiger partial charge in [-0.3, -0.25) is 9.59 Å². The van der Waals surface area contributed by atoms with E-state index in [2.05, 4.69) is 26.1 Å². The zero-order valence-corrected chi connectivity index (χ0v) is 18.4. The fourth-order valence-electron chi connectivity index (χ4n) is 3.59. The number of methoxy groups -OCH3 is 2. The molecule has 2 aromatic carbocycles. The normalized spacial score (nSPS) is 13.4. The first kappa shape index (κ1) is 21.7. The molecule has 0 unspecified atom stereocenters. The molecule has 0 spiro atoms. The highest BCUT2D eigenvalue weighted by Gasteiger charge is 2.23. The van der Waals surface area contributed by atoms with E-state index in [1.54, 1.807) is 31.3 Å². The lowest BCUT2D eigenvalue weighted by Gasteiger charge is -2.29. The summed E-state index contributed by atoms with van der Waals surface area (Å²) in [5, 5.41) is 2.74. The minimum Gasteiger partial charge on any atom is -0.493 e. The molecule has 0 fully saturated rings. The fourth-order valence-corrected chi connectivity index (χ4v) is 3.59. The summed E-state index contributed by atoms with van der Waals surface area (Å²) in [6, 6.07) is 11.4. The van der Waals surface area contributed by atoms with Gasteiger partial charge in [0.1, 0.15) is 0 Å². The molecule has 1 aliphatic rings. The van der Waals surface area contributed by atoms with Gasteiger partial charge in [-0.25, -0.2) is 0 Å². The van der Waals surface area contributed by atoms with Gasteiger partial charge in [0.25, 0.3) is 5.91 Å². The van der Waals surface area contributed by atoms with Crippen molar-refractivity contribution in [1.82, 2.24) is 10.2 Å². The van der Waals surface area contributed by atoms with Crippen LogP contribution in [0.4, 0.5) is 0 Å². The zero-order chi connectivity index (χ0) is 21.9. The minimum atomic E-state index is -0.243. The highest BCUT2D eigenvalue weighted by molar-refractivity contribution is 5.96. The molecule has 0 bridgehead atoms. The maximum absolute atomic E-state index is 12.7. The van der Waals surface area contributed by atoms with Crippen molar-refractivity contribution in [2.24, 2.45) is 0 Å². The molecule has 2 amide bonds. The highest BCUT2D eigenvalue weighted by Crippen LogP contribution is 2.33. The van der Waals surface area contributed by atoms with Crippen LogP contribution >= 0.6 is 0 Å². The summed E-state index contributed by atoms with van der Waals surface area (Å²) in [6.07, 6.45) is 0.740. The molecule has 1 N–H and O–H groups in total. The molecule has 0 saturated carbocycles. The molecule has 30 heavy (non-hydrogen) atoms. The van der Waals surface area contributed by atoms with Crippen molar-refractivity contribution < 1.29 is 19.1 Å². The first-order valence-corrected chi connectivity index (χ1v) is 10.1. The molecule has 6 nitrogen and oxygen atoms in total. The maximum Gasteiger partial charge on any atom is 0.251 e. The van der Waals surface area contributed by atoms with Gasteiger partial charge in [0.15, 0.2) is 11.5 Å². The number of rotatable bonds is 5. The average Bonchev–Trinajstić information content (AvgIpc) is 2.75. The molecule has 0 saturated heterocycles. The number of carbonyl (C=O) groups excluding carboxylic acids is 2. The van der Waals surface area contributed by atoms with Crippen molar-refractivity contribution in [3.8, 4) is 11.5 Å². The standard InChI is InChI=1S/C24H30N2O4/c1-24(2,3)19-8-6-16(7-9-19)23(28)25-14-22(27)26-11-10-17-12-20(29-4)21(30-5)13-18(17)15-26/h6-9,12-13H,10-11,14-15H2,1-5H3,(H,25,28). The van der Waals surface area contributed by atoms with Crippen LogP contribution in [-0.4, -0.2) is 44.0 Å². The first-order valence-electron chi connectivity index (χ1n) is 10.1. The third-order valence-corrected chi connectivity index (χ3v) is 5.48. The average molecular weight is 411 g/mol. The van der Waals surface area contributed by atoms with Crippen molar-refractivity contribution >= 4 is 11.8 Å². The lowest BCUT2D eigenvalue weighted by atomic mass is 9.87. The van der Waals surface area contributed by atoms with Gasteiger partial charge in [-0.15, -0.1) is 0 Å². The highest BCUT2D eigenvalue weighted by atomic mass is 16.5. The molecule has 6 heteroatoms. The van der Waals surface area contributed by atoms with Gasteiger partial charge in [0, 0.05) is 18.7 Å². The topological polar surface area (TPSA) is 67.9 Å². The Morgan fingerprint density at radius 3 is 2.17 bits per heavy atom. The maximum atomic E-state index is 12.7. The lowest BCUT2D eigenvalue weighted by molar-refractivity contribution is -0.131. The third-order valence-electron chi connectivity index (χ3n) is 5.48. The van der Waals surface area contributed by atoms with Gasteiger partial charge < -0.3 is 19.7 Å². The first-order chi connectivity index (χ1) is 14.2. The number of carbonyl (C=O) groups is 2. The molecule has 160 valence electrons. The predicted octanol–water partition coefficient (Wildman–Crippen LogP) is 3.32. The van der Waals surface area contributed by atoms with E-state index in [1.165, 1.54) is 0 Å². The second-order valence-corrected chi connectivity index (χ2v) is 8.55. The predicted molar refractivity (Wildman–Crippen MR) is 116 cm³/mol. The van der Waals surface area contributed by atoms with Gasteiger partial charge in [0.2, 0.25) is 5.91 Å². The monoisotopic (exact) mass is 410 g/mol. The fraction of sp³-hybridized carbons (Fsp3) is 0.417. The molecule has 3 rings (SSSR count). The van der Waals surface area contributed by atoms with Gasteiger partial charge >= 0.3 is 0 Å². The number of amides is 2. The van der Waals surface area contributed by atoms with E-state index in [-0.39, 0.29) is 23.8 Å². The van der Waals surface area contributed by atoms with Gasteiger partial charge in [-0.05, 0) is 52.8 Å². The van der Waals surface area contributed by atoms with Gasteiger partial charge in [-0.2, -0.15) is 0 Å². The van der Waals surface area contributed by atoms with Crippen LogP contribution in [0.2, 0.25) is 0 Å². The molecule has 1 heterocycles. The number of nitrogens with one attached hydrogen (secondary N) is 1. The largest absolute Gasteiger partial charge is 0.493 e. The van der Waals surface area contributed by atoms with Gasteiger partial charge in [-0.1, -0.05) is 32.9 Å². The Kier molecular flexibility index (Phi) is 6.34. The van der Waals surface area contributed by atoms with Crippen molar-refractivity contribution in [2.75, 3.05) is 27.3 Å². The summed E-state index contributed by atoms with van der Waals surface area (Å²) in [5.41, 5.74) is 3.93. The Morgan fingerprint density at radius 2 is 1.60 bits per heavy atom. The van der Waals surface area contributed by atoms with Gasteiger partial charge in [0.05, 0.1) is 20.8 Å². The third kappa shape index (κ3) is 4.75. The minimum absolute atomic E-state index is 0.0253. The number of nitrogens with zero attached hydrogens (tertiary/aromatic N) is 1. The van der Waals surface area contributed by atoms with Crippen LogP contribution in [0.25, 0.3) is 0 Å². The molecule has 2 aromatic rings.